The standard InChI is InChI=1S/C20H26BrN5/c1-25(2)10-8-22-18-12-19(24-20(23-18)15-3-4-15)26-9-7-14-5-6-17(21)11-16(14)13-26/h5-6,11-12,15H,3-4,7-10,13H2,1-2H3,(H,22,23,24). The summed E-state index contributed by atoms with van der Waals surface area (Å²) in [5.74, 6) is 3.57. The van der Waals surface area contributed by atoms with E-state index in [1.165, 1.54) is 24.0 Å². The molecule has 1 fully saturated rings. The number of hydrogen-bond donors (Lipinski definition) is 1. The number of likely N-dealkylation sites (N-methyl/N-ethyl adjacent to an activating group) is 1. The minimum atomic E-state index is 0.551. The molecule has 138 valence electrons. The molecule has 0 amide bonds. The Morgan fingerprint density at radius 2 is 2.04 bits per heavy atom. The molecule has 2 heterocycles. The average molecular weight is 416 g/mol. The predicted octanol–water partition coefficient (Wildman–Crippen LogP) is 3.65. The monoisotopic (exact) mass is 415 g/mol. The first-order valence-corrected chi connectivity index (χ1v) is 10.2. The van der Waals surface area contributed by atoms with Crippen molar-refractivity contribution in [3.63, 3.8) is 0 Å². The molecule has 0 bridgehead atoms. The third kappa shape index (κ3) is 4.18. The van der Waals surface area contributed by atoms with E-state index < -0.39 is 0 Å². The van der Waals surface area contributed by atoms with Crippen molar-refractivity contribution in [1.82, 2.24) is 14.9 Å². The lowest BCUT2D eigenvalue weighted by atomic mass is 10.00. The summed E-state index contributed by atoms with van der Waals surface area (Å²) in [5, 5.41) is 3.48. The zero-order valence-electron chi connectivity index (χ0n) is 15.5. The smallest absolute Gasteiger partial charge is 0.136 e. The van der Waals surface area contributed by atoms with Crippen LogP contribution in [0.4, 0.5) is 11.6 Å². The van der Waals surface area contributed by atoms with Gasteiger partial charge in [-0.1, -0.05) is 22.0 Å². The van der Waals surface area contributed by atoms with Gasteiger partial charge in [-0.25, -0.2) is 9.97 Å². The molecule has 4 rings (SSSR count). The largest absolute Gasteiger partial charge is 0.369 e. The van der Waals surface area contributed by atoms with Crippen molar-refractivity contribution in [2.75, 3.05) is 43.9 Å². The van der Waals surface area contributed by atoms with Crippen LogP contribution in [0.1, 0.15) is 35.7 Å². The van der Waals surface area contributed by atoms with Crippen LogP contribution in [0.5, 0.6) is 0 Å². The molecule has 1 aliphatic heterocycles. The van der Waals surface area contributed by atoms with Crippen LogP contribution < -0.4 is 10.2 Å². The molecule has 26 heavy (non-hydrogen) atoms. The van der Waals surface area contributed by atoms with Crippen LogP contribution in [0.15, 0.2) is 28.7 Å². The van der Waals surface area contributed by atoms with Gasteiger partial charge in [0.2, 0.25) is 0 Å². The van der Waals surface area contributed by atoms with E-state index in [9.17, 15) is 0 Å². The van der Waals surface area contributed by atoms with E-state index in [2.05, 4.69) is 69.4 Å². The maximum Gasteiger partial charge on any atom is 0.136 e. The molecule has 0 saturated heterocycles. The van der Waals surface area contributed by atoms with Crippen molar-refractivity contribution in [3.8, 4) is 0 Å². The zero-order chi connectivity index (χ0) is 18.1. The van der Waals surface area contributed by atoms with E-state index in [-0.39, 0.29) is 0 Å². The number of halogens is 1. The highest BCUT2D eigenvalue weighted by molar-refractivity contribution is 9.10. The topological polar surface area (TPSA) is 44.3 Å². The Morgan fingerprint density at radius 3 is 2.81 bits per heavy atom. The van der Waals surface area contributed by atoms with E-state index in [0.717, 1.165) is 54.5 Å². The first-order valence-electron chi connectivity index (χ1n) is 9.38. The third-order valence-electron chi connectivity index (χ3n) is 5.04. The van der Waals surface area contributed by atoms with Gasteiger partial charge in [-0.3, -0.25) is 0 Å². The third-order valence-corrected chi connectivity index (χ3v) is 5.54. The van der Waals surface area contributed by atoms with Crippen molar-refractivity contribution >= 4 is 27.6 Å². The van der Waals surface area contributed by atoms with Crippen LogP contribution in [0.2, 0.25) is 0 Å². The number of hydrogen-bond acceptors (Lipinski definition) is 5. The molecule has 0 spiro atoms. The lowest BCUT2D eigenvalue weighted by Crippen LogP contribution is -2.31. The molecule has 6 heteroatoms. The lowest BCUT2D eigenvalue weighted by molar-refractivity contribution is 0.425. The Balaban J connectivity index is 1.56. The van der Waals surface area contributed by atoms with E-state index in [0.29, 0.717) is 5.92 Å². The normalized spacial score (nSPS) is 16.7. The van der Waals surface area contributed by atoms with E-state index >= 15 is 0 Å². The second-order valence-electron chi connectivity index (χ2n) is 7.56. The van der Waals surface area contributed by atoms with Gasteiger partial charge in [0.1, 0.15) is 17.5 Å². The van der Waals surface area contributed by atoms with Crippen molar-refractivity contribution in [3.05, 3.63) is 45.7 Å². The van der Waals surface area contributed by atoms with Crippen molar-refractivity contribution in [2.45, 2.75) is 31.7 Å². The van der Waals surface area contributed by atoms with Crippen LogP contribution in [0.25, 0.3) is 0 Å². The van der Waals surface area contributed by atoms with Gasteiger partial charge < -0.3 is 15.1 Å². The SMILES string of the molecule is CN(C)CCNc1cc(N2CCc3ccc(Br)cc3C2)nc(C2CC2)n1. The molecular formula is C20H26BrN5. The highest BCUT2D eigenvalue weighted by Gasteiger charge is 2.28. The highest BCUT2D eigenvalue weighted by Crippen LogP contribution is 2.39. The van der Waals surface area contributed by atoms with Crippen LogP contribution in [-0.4, -0.2) is 48.6 Å². The second-order valence-corrected chi connectivity index (χ2v) is 8.47. The van der Waals surface area contributed by atoms with Crippen molar-refractivity contribution < 1.29 is 0 Å². The predicted molar refractivity (Wildman–Crippen MR) is 110 cm³/mol. The van der Waals surface area contributed by atoms with Crippen LogP contribution in [-0.2, 0) is 13.0 Å². The van der Waals surface area contributed by atoms with E-state index in [4.69, 9.17) is 9.97 Å². The van der Waals surface area contributed by atoms with Gasteiger partial charge in [0.15, 0.2) is 0 Å². The Hall–Kier alpha value is -1.66. The Labute approximate surface area is 164 Å². The van der Waals surface area contributed by atoms with Crippen LogP contribution in [0, 0.1) is 0 Å². The summed E-state index contributed by atoms with van der Waals surface area (Å²) in [6.45, 7) is 3.80. The Kier molecular flexibility index (Phi) is 5.14. The highest BCUT2D eigenvalue weighted by atomic mass is 79.9. The second kappa shape index (κ2) is 7.53. The fourth-order valence-corrected chi connectivity index (χ4v) is 3.77. The Bertz CT molecular complexity index is 788. The molecule has 1 N–H and O–H groups in total. The first-order chi connectivity index (χ1) is 12.6. The van der Waals surface area contributed by atoms with Crippen molar-refractivity contribution in [1.29, 1.82) is 0 Å². The minimum Gasteiger partial charge on any atom is -0.369 e. The summed E-state index contributed by atoms with van der Waals surface area (Å²) >= 11 is 3.60. The number of anilines is 2. The number of benzene rings is 1. The number of nitrogens with one attached hydrogen (secondary N) is 1. The first kappa shape index (κ1) is 17.7. The van der Waals surface area contributed by atoms with Gasteiger partial charge in [-0.2, -0.15) is 0 Å². The van der Waals surface area contributed by atoms with E-state index in [1.807, 2.05) is 0 Å². The molecule has 0 atom stereocenters. The van der Waals surface area contributed by atoms with Crippen LogP contribution in [0.3, 0.4) is 0 Å². The molecule has 0 radical (unpaired) electrons. The molecule has 2 aromatic rings. The number of rotatable bonds is 6. The summed E-state index contributed by atoms with van der Waals surface area (Å²) in [6, 6.07) is 8.73. The maximum absolute atomic E-state index is 4.91. The molecule has 1 aromatic carbocycles. The number of aromatic nitrogens is 2. The van der Waals surface area contributed by atoms with E-state index in [1.54, 1.807) is 0 Å². The summed E-state index contributed by atoms with van der Waals surface area (Å²) in [4.78, 5) is 14.2. The quantitative estimate of drug-likeness (QED) is 0.779. The summed E-state index contributed by atoms with van der Waals surface area (Å²) in [7, 11) is 4.18. The van der Waals surface area contributed by atoms with Gasteiger partial charge in [0.05, 0.1) is 0 Å². The van der Waals surface area contributed by atoms with Gasteiger partial charge in [0, 0.05) is 42.6 Å². The van der Waals surface area contributed by atoms with Gasteiger partial charge >= 0.3 is 0 Å². The fraction of sp³-hybridized carbons (Fsp3) is 0.500. The molecule has 0 unspecified atom stereocenters. The van der Waals surface area contributed by atoms with Gasteiger partial charge in [0.25, 0.3) is 0 Å². The Morgan fingerprint density at radius 1 is 1.19 bits per heavy atom. The minimum absolute atomic E-state index is 0.551. The summed E-state index contributed by atoms with van der Waals surface area (Å²) < 4.78 is 1.14. The maximum atomic E-state index is 4.91. The zero-order valence-corrected chi connectivity index (χ0v) is 17.1. The molecule has 5 nitrogen and oxygen atoms in total. The fourth-order valence-electron chi connectivity index (χ4n) is 3.36. The lowest BCUT2D eigenvalue weighted by Gasteiger charge is -2.30. The van der Waals surface area contributed by atoms with Gasteiger partial charge in [-0.05, 0) is 56.6 Å². The van der Waals surface area contributed by atoms with Gasteiger partial charge in [-0.15, -0.1) is 0 Å². The molecule has 2 aliphatic rings. The summed E-state index contributed by atoms with van der Waals surface area (Å²) in [6.07, 6.45) is 3.50. The molecule has 1 saturated carbocycles. The summed E-state index contributed by atoms with van der Waals surface area (Å²) in [5.41, 5.74) is 2.84. The number of nitrogens with zero attached hydrogens (tertiary/aromatic N) is 4. The number of fused-ring (bicyclic) bond motifs is 1. The van der Waals surface area contributed by atoms with Crippen LogP contribution >= 0.6 is 15.9 Å². The van der Waals surface area contributed by atoms with Crippen molar-refractivity contribution in [2.24, 2.45) is 0 Å². The molecule has 1 aliphatic carbocycles. The molecular weight excluding hydrogens is 390 g/mol. The molecule has 1 aromatic heterocycles. The average Bonchev–Trinajstić information content (AvgIpc) is 3.45.